The second kappa shape index (κ2) is 10.0. The van der Waals surface area contributed by atoms with Crippen molar-refractivity contribution in [1.29, 1.82) is 0 Å². The van der Waals surface area contributed by atoms with Gasteiger partial charge in [0.05, 0.1) is 10.6 Å². The van der Waals surface area contributed by atoms with Gasteiger partial charge in [0.2, 0.25) is 15.9 Å². The van der Waals surface area contributed by atoms with Gasteiger partial charge in [-0.05, 0) is 63.3 Å². The minimum atomic E-state index is -3.66. The van der Waals surface area contributed by atoms with Crippen molar-refractivity contribution >= 4 is 33.2 Å². The van der Waals surface area contributed by atoms with Crippen LogP contribution >= 0.6 is 0 Å². The van der Waals surface area contributed by atoms with Crippen molar-refractivity contribution in [3.05, 3.63) is 48.2 Å². The summed E-state index contributed by atoms with van der Waals surface area (Å²) in [5.74, 6) is 0.345. The quantitative estimate of drug-likeness (QED) is 0.650. The molecule has 4 rings (SSSR count). The van der Waals surface area contributed by atoms with Gasteiger partial charge in [-0.2, -0.15) is 4.31 Å². The van der Waals surface area contributed by atoms with E-state index < -0.39 is 10.0 Å². The molecule has 0 spiro atoms. The van der Waals surface area contributed by atoms with Crippen LogP contribution in [0.4, 0.5) is 11.5 Å². The Morgan fingerprint density at radius 3 is 2.27 bits per heavy atom. The standard InChI is InChI=1S/C24H30N4O4S/c1-18(29)19-7-9-21(10-8-19)33(31,32)28-16-11-20(12-17-28)24(30)26-22-6-5-13-25-23(22)27-14-3-2-4-15-27/h5-10,13,20H,2-4,11-12,14-17H2,1H3,(H,26,30). The summed E-state index contributed by atoms with van der Waals surface area (Å²) in [6, 6.07) is 9.69. The number of amides is 1. The van der Waals surface area contributed by atoms with E-state index in [1.807, 2.05) is 12.1 Å². The summed E-state index contributed by atoms with van der Waals surface area (Å²) in [6.45, 7) is 3.87. The minimum Gasteiger partial charge on any atom is -0.355 e. The number of sulfonamides is 1. The van der Waals surface area contributed by atoms with E-state index in [0.29, 0.717) is 24.1 Å². The van der Waals surface area contributed by atoms with Crippen LogP contribution in [0.15, 0.2) is 47.5 Å². The molecule has 2 aromatic rings. The molecule has 0 saturated carbocycles. The molecular formula is C24H30N4O4S. The highest BCUT2D eigenvalue weighted by Gasteiger charge is 2.32. The van der Waals surface area contributed by atoms with Gasteiger partial charge in [0.1, 0.15) is 0 Å². The van der Waals surface area contributed by atoms with Crippen molar-refractivity contribution < 1.29 is 18.0 Å². The Balaban J connectivity index is 1.38. The van der Waals surface area contributed by atoms with Crippen LogP contribution in [-0.2, 0) is 14.8 Å². The van der Waals surface area contributed by atoms with E-state index in [4.69, 9.17) is 0 Å². The number of Topliss-reactive ketones (excluding diaryl/α,β-unsaturated/α-hetero) is 1. The summed E-state index contributed by atoms with van der Waals surface area (Å²) in [5.41, 5.74) is 1.19. The van der Waals surface area contributed by atoms with E-state index >= 15 is 0 Å². The molecule has 1 aromatic carbocycles. The Kier molecular flexibility index (Phi) is 7.09. The zero-order chi connectivity index (χ0) is 23.4. The number of nitrogens with zero attached hydrogens (tertiary/aromatic N) is 3. The van der Waals surface area contributed by atoms with Gasteiger partial charge in [-0.3, -0.25) is 9.59 Å². The molecule has 0 radical (unpaired) electrons. The zero-order valence-electron chi connectivity index (χ0n) is 18.9. The maximum absolute atomic E-state index is 13.0. The summed E-state index contributed by atoms with van der Waals surface area (Å²) < 4.78 is 27.4. The third-order valence-corrected chi connectivity index (χ3v) is 8.34. The molecule has 1 amide bonds. The van der Waals surface area contributed by atoms with Crippen LogP contribution in [0.2, 0.25) is 0 Å². The summed E-state index contributed by atoms with van der Waals surface area (Å²) >= 11 is 0. The van der Waals surface area contributed by atoms with Crippen LogP contribution in [0.25, 0.3) is 0 Å². The molecule has 0 atom stereocenters. The molecule has 2 aliphatic rings. The number of anilines is 2. The SMILES string of the molecule is CC(=O)c1ccc(S(=O)(=O)N2CCC(C(=O)Nc3cccnc3N3CCCCC3)CC2)cc1. The van der Waals surface area contributed by atoms with Crippen LogP contribution < -0.4 is 10.2 Å². The monoisotopic (exact) mass is 470 g/mol. The maximum Gasteiger partial charge on any atom is 0.243 e. The smallest absolute Gasteiger partial charge is 0.243 e. The van der Waals surface area contributed by atoms with Crippen molar-refractivity contribution in [3.8, 4) is 0 Å². The normalized spacial score (nSPS) is 18.2. The lowest BCUT2D eigenvalue weighted by molar-refractivity contribution is -0.120. The van der Waals surface area contributed by atoms with Crippen molar-refractivity contribution in [2.45, 2.75) is 43.9 Å². The number of carbonyl (C=O) groups is 2. The molecule has 2 fully saturated rings. The second-order valence-corrected chi connectivity index (χ2v) is 10.6. The lowest BCUT2D eigenvalue weighted by Gasteiger charge is -2.32. The lowest BCUT2D eigenvalue weighted by Crippen LogP contribution is -2.41. The number of aromatic nitrogens is 1. The summed E-state index contributed by atoms with van der Waals surface area (Å²) in [4.78, 5) is 31.3. The molecule has 2 aliphatic heterocycles. The molecule has 33 heavy (non-hydrogen) atoms. The summed E-state index contributed by atoms with van der Waals surface area (Å²) in [6.07, 6.45) is 6.10. The summed E-state index contributed by atoms with van der Waals surface area (Å²) in [5, 5.41) is 3.04. The molecule has 9 heteroatoms. The molecule has 8 nitrogen and oxygen atoms in total. The highest BCUT2D eigenvalue weighted by Crippen LogP contribution is 2.29. The van der Waals surface area contributed by atoms with Crippen LogP contribution in [0.1, 0.15) is 49.4 Å². The number of carbonyl (C=O) groups excluding carboxylic acids is 2. The Bertz CT molecular complexity index is 1100. The number of nitrogens with one attached hydrogen (secondary N) is 1. The molecule has 0 unspecified atom stereocenters. The third-order valence-electron chi connectivity index (χ3n) is 6.42. The number of rotatable bonds is 6. The van der Waals surface area contributed by atoms with Crippen LogP contribution in [0, 0.1) is 5.92 Å². The number of benzene rings is 1. The number of ketones is 1. The van der Waals surface area contributed by atoms with E-state index in [2.05, 4.69) is 15.2 Å². The number of hydrogen-bond acceptors (Lipinski definition) is 6. The highest BCUT2D eigenvalue weighted by molar-refractivity contribution is 7.89. The van der Waals surface area contributed by atoms with Gasteiger partial charge in [-0.1, -0.05) is 12.1 Å². The molecule has 1 aromatic heterocycles. The largest absolute Gasteiger partial charge is 0.355 e. The summed E-state index contributed by atoms with van der Waals surface area (Å²) in [7, 11) is -3.66. The van der Waals surface area contributed by atoms with Crippen molar-refractivity contribution in [2.24, 2.45) is 5.92 Å². The Labute approximate surface area is 195 Å². The topological polar surface area (TPSA) is 99.7 Å². The Hall–Kier alpha value is -2.78. The van der Waals surface area contributed by atoms with E-state index in [0.717, 1.165) is 31.7 Å². The first-order chi connectivity index (χ1) is 15.9. The fourth-order valence-corrected chi connectivity index (χ4v) is 5.93. The lowest BCUT2D eigenvalue weighted by atomic mass is 9.97. The molecule has 1 N–H and O–H groups in total. The number of pyridine rings is 1. The van der Waals surface area contributed by atoms with Gasteiger partial charge < -0.3 is 10.2 Å². The number of piperidine rings is 2. The fraction of sp³-hybridized carbons (Fsp3) is 0.458. The van der Waals surface area contributed by atoms with Crippen molar-refractivity contribution in [3.63, 3.8) is 0 Å². The molecule has 3 heterocycles. The Morgan fingerprint density at radius 2 is 1.64 bits per heavy atom. The van der Waals surface area contributed by atoms with Crippen molar-refractivity contribution in [2.75, 3.05) is 36.4 Å². The molecule has 176 valence electrons. The predicted octanol–water partition coefficient (Wildman–Crippen LogP) is 3.31. The maximum atomic E-state index is 13.0. The van der Waals surface area contributed by atoms with Crippen LogP contribution in [0.3, 0.4) is 0 Å². The average molecular weight is 471 g/mol. The predicted molar refractivity (Wildman–Crippen MR) is 127 cm³/mol. The van der Waals surface area contributed by atoms with E-state index in [1.54, 1.807) is 6.20 Å². The minimum absolute atomic E-state index is 0.0934. The second-order valence-electron chi connectivity index (χ2n) is 8.67. The van der Waals surface area contributed by atoms with Gasteiger partial charge in [0.15, 0.2) is 11.6 Å². The highest BCUT2D eigenvalue weighted by atomic mass is 32.2. The van der Waals surface area contributed by atoms with Gasteiger partial charge in [-0.15, -0.1) is 0 Å². The van der Waals surface area contributed by atoms with Gasteiger partial charge >= 0.3 is 0 Å². The molecule has 0 bridgehead atoms. The first-order valence-corrected chi connectivity index (χ1v) is 12.9. The number of hydrogen-bond donors (Lipinski definition) is 1. The van der Waals surface area contributed by atoms with Crippen LogP contribution in [-0.4, -0.2) is 55.6 Å². The van der Waals surface area contributed by atoms with E-state index in [1.165, 1.54) is 41.9 Å². The van der Waals surface area contributed by atoms with Gasteiger partial charge in [-0.25, -0.2) is 13.4 Å². The first kappa shape index (κ1) is 23.4. The average Bonchev–Trinajstić information content (AvgIpc) is 2.85. The zero-order valence-corrected chi connectivity index (χ0v) is 19.7. The first-order valence-electron chi connectivity index (χ1n) is 11.5. The molecule has 2 saturated heterocycles. The van der Waals surface area contributed by atoms with E-state index in [-0.39, 0.29) is 35.6 Å². The molecule has 0 aliphatic carbocycles. The van der Waals surface area contributed by atoms with Gasteiger partial charge in [0, 0.05) is 43.9 Å². The van der Waals surface area contributed by atoms with Crippen LogP contribution in [0.5, 0.6) is 0 Å². The van der Waals surface area contributed by atoms with E-state index in [9.17, 15) is 18.0 Å². The van der Waals surface area contributed by atoms with Crippen molar-refractivity contribution in [1.82, 2.24) is 9.29 Å². The third kappa shape index (κ3) is 5.25. The van der Waals surface area contributed by atoms with Gasteiger partial charge in [0.25, 0.3) is 0 Å². The Morgan fingerprint density at radius 1 is 0.970 bits per heavy atom. The fourth-order valence-electron chi connectivity index (χ4n) is 4.46. The molecular weight excluding hydrogens is 440 g/mol.